The highest BCUT2D eigenvalue weighted by molar-refractivity contribution is 5.85. The van der Waals surface area contributed by atoms with Crippen LogP contribution >= 0.6 is 12.4 Å². The zero-order valence-electron chi connectivity index (χ0n) is 13.7. The second-order valence-electron chi connectivity index (χ2n) is 5.07. The minimum Gasteiger partial charge on any atom is -0.493 e. The maximum atomic E-state index is 11.3. The van der Waals surface area contributed by atoms with Crippen molar-refractivity contribution in [3.05, 3.63) is 59.7 Å². The van der Waals surface area contributed by atoms with Gasteiger partial charge in [-0.1, -0.05) is 36.4 Å². The molecule has 2 aromatic rings. The predicted octanol–water partition coefficient (Wildman–Crippen LogP) is 3.26. The highest BCUT2D eigenvalue weighted by Gasteiger charge is 2.15. The van der Waals surface area contributed by atoms with Crippen LogP contribution in [0.3, 0.4) is 0 Å². The molecule has 0 spiro atoms. The molecule has 0 amide bonds. The van der Waals surface area contributed by atoms with Crippen LogP contribution in [-0.4, -0.2) is 20.2 Å². The standard InChI is InChI=1S/C18H21NO4.ClH/c1-21-17-10-14(15(19)11-18(20)22-2)8-9-16(17)23-12-13-6-4-3-5-7-13;/h3-10,15H,11-12,19H2,1-2H3;1H/t15-;/m1./s1. The minimum atomic E-state index is -0.445. The van der Waals surface area contributed by atoms with E-state index in [4.69, 9.17) is 15.2 Å². The van der Waals surface area contributed by atoms with Crippen LogP contribution in [0.1, 0.15) is 23.6 Å². The molecule has 0 saturated carbocycles. The maximum Gasteiger partial charge on any atom is 0.307 e. The average molecular weight is 352 g/mol. The summed E-state index contributed by atoms with van der Waals surface area (Å²) in [6, 6.07) is 14.8. The van der Waals surface area contributed by atoms with Gasteiger partial charge in [0, 0.05) is 6.04 Å². The van der Waals surface area contributed by atoms with Gasteiger partial charge in [-0.05, 0) is 23.3 Å². The van der Waals surface area contributed by atoms with Crippen molar-refractivity contribution < 1.29 is 19.0 Å². The van der Waals surface area contributed by atoms with Crippen molar-refractivity contribution in [1.82, 2.24) is 0 Å². The molecule has 0 aliphatic heterocycles. The van der Waals surface area contributed by atoms with Crippen molar-refractivity contribution in [1.29, 1.82) is 0 Å². The number of carbonyl (C=O) groups is 1. The monoisotopic (exact) mass is 351 g/mol. The number of hydrogen-bond acceptors (Lipinski definition) is 5. The Bertz CT molecular complexity index is 649. The second-order valence-corrected chi connectivity index (χ2v) is 5.07. The van der Waals surface area contributed by atoms with E-state index in [0.29, 0.717) is 18.1 Å². The molecular formula is C18H22ClNO4. The lowest BCUT2D eigenvalue weighted by Crippen LogP contribution is -2.16. The van der Waals surface area contributed by atoms with Gasteiger partial charge < -0.3 is 19.9 Å². The van der Waals surface area contributed by atoms with Gasteiger partial charge in [-0.15, -0.1) is 12.4 Å². The van der Waals surface area contributed by atoms with Crippen LogP contribution in [-0.2, 0) is 16.1 Å². The first kappa shape index (κ1) is 19.8. The van der Waals surface area contributed by atoms with Crippen molar-refractivity contribution in [2.75, 3.05) is 14.2 Å². The summed E-state index contributed by atoms with van der Waals surface area (Å²) in [4.78, 5) is 11.3. The van der Waals surface area contributed by atoms with Crippen LogP contribution in [0, 0.1) is 0 Å². The van der Waals surface area contributed by atoms with Crippen LogP contribution in [0.15, 0.2) is 48.5 Å². The van der Waals surface area contributed by atoms with E-state index in [9.17, 15) is 4.79 Å². The molecule has 0 aromatic heterocycles. The molecule has 0 aliphatic carbocycles. The number of esters is 1. The number of carbonyl (C=O) groups excluding carboxylic acids is 1. The fraction of sp³-hybridized carbons (Fsp3) is 0.278. The van der Waals surface area contributed by atoms with Gasteiger partial charge in [0.15, 0.2) is 11.5 Å². The van der Waals surface area contributed by atoms with E-state index in [1.807, 2.05) is 36.4 Å². The SMILES string of the molecule is COC(=O)C[C@@H](N)c1ccc(OCc2ccccc2)c(OC)c1.Cl. The molecule has 6 heteroatoms. The zero-order chi connectivity index (χ0) is 16.7. The molecule has 0 aliphatic rings. The van der Waals surface area contributed by atoms with Gasteiger partial charge in [0.05, 0.1) is 20.6 Å². The molecule has 24 heavy (non-hydrogen) atoms. The van der Waals surface area contributed by atoms with E-state index in [1.165, 1.54) is 7.11 Å². The lowest BCUT2D eigenvalue weighted by molar-refractivity contribution is -0.141. The molecule has 2 aromatic carbocycles. The Morgan fingerprint density at radius 2 is 1.79 bits per heavy atom. The van der Waals surface area contributed by atoms with Crippen LogP contribution in [0.4, 0.5) is 0 Å². The van der Waals surface area contributed by atoms with E-state index >= 15 is 0 Å². The Hall–Kier alpha value is -2.24. The van der Waals surface area contributed by atoms with E-state index < -0.39 is 6.04 Å². The molecule has 0 saturated heterocycles. The first-order valence-corrected chi connectivity index (χ1v) is 7.31. The van der Waals surface area contributed by atoms with Crippen LogP contribution in [0.25, 0.3) is 0 Å². The molecule has 0 bridgehead atoms. The lowest BCUT2D eigenvalue weighted by Gasteiger charge is -2.15. The van der Waals surface area contributed by atoms with E-state index in [2.05, 4.69) is 4.74 Å². The minimum absolute atomic E-state index is 0. The Labute approximate surface area is 148 Å². The number of rotatable bonds is 7. The molecule has 0 radical (unpaired) electrons. The third-order valence-corrected chi connectivity index (χ3v) is 3.47. The summed E-state index contributed by atoms with van der Waals surface area (Å²) in [6.07, 6.45) is 0.115. The summed E-state index contributed by atoms with van der Waals surface area (Å²) in [7, 11) is 2.91. The maximum absolute atomic E-state index is 11.3. The van der Waals surface area contributed by atoms with E-state index in [1.54, 1.807) is 19.2 Å². The van der Waals surface area contributed by atoms with Crippen LogP contribution in [0.2, 0.25) is 0 Å². The van der Waals surface area contributed by atoms with Crippen molar-refractivity contribution >= 4 is 18.4 Å². The number of ether oxygens (including phenoxy) is 3. The van der Waals surface area contributed by atoms with E-state index in [0.717, 1.165) is 11.1 Å². The molecule has 0 heterocycles. The number of halogens is 1. The summed E-state index contributed by atoms with van der Waals surface area (Å²) < 4.78 is 15.8. The van der Waals surface area contributed by atoms with Gasteiger partial charge in [0.25, 0.3) is 0 Å². The van der Waals surface area contributed by atoms with Gasteiger partial charge >= 0.3 is 5.97 Å². The lowest BCUT2D eigenvalue weighted by atomic mass is 10.0. The summed E-state index contributed by atoms with van der Waals surface area (Å²) in [6.45, 7) is 0.449. The van der Waals surface area contributed by atoms with Crippen molar-refractivity contribution in [3.8, 4) is 11.5 Å². The first-order valence-electron chi connectivity index (χ1n) is 7.31. The summed E-state index contributed by atoms with van der Waals surface area (Å²) in [5.74, 6) is 0.866. The van der Waals surface area contributed by atoms with Crippen LogP contribution < -0.4 is 15.2 Å². The highest BCUT2D eigenvalue weighted by atomic mass is 35.5. The molecule has 0 fully saturated rings. The average Bonchev–Trinajstić information content (AvgIpc) is 2.60. The van der Waals surface area contributed by atoms with Crippen LogP contribution in [0.5, 0.6) is 11.5 Å². The summed E-state index contributed by atoms with van der Waals surface area (Å²) >= 11 is 0. The Kier molecular flexibility index (Phi) is 8.09. The second kappa shape index (κ2) is 9.80. The smallest absolute Gasteiger partial charge is 0.307 e. The molecule has 5 nitrogen and oxygen atoms in total. The third-order valence-electron chi connectivity index (χ3n) is 3.47. The number of methoxy groups -OCH3 is 2. The van der Waals surface area contributed by atoms with Gasteiger partial charge in [0.2, 0.25) is 0 Å². The highest BCUT2D eigenvalue weighted by Crippen LogP contribution is 2.31. The Morgan fingerprint density at radius 3 is 2.42 bits per heavy atom. The fourth-order valence-electron chi connectivity index (χ4n) is 2.15. The van der Waals surface area contributed by atoms with E-state index in [-0.39, 0.29) is 24.8 Å². The molecule has 130 valence electrons. The Morgan fingerprint density at radius 1 is 1.08 bits per heavy atom. The van der Waals surface area contributed by atoms with Gasteiger partial charge in [0.1, 0.15) is 6.61 Å². The fourth-order valence-corrected chi connectivity index (χ4v) is 2.15. The molecule has 2 rings (SSSR count). The molecule has 1 atom stereocenters. The van der Waals surface area contributed by atoms with Gasteiger partial charge in [-0.25, -0.2) is 0 Å². The molecular weight excluding hydrogens is 330 g/mol. The molecule has 0 unspecified atom stereocenters. The third kappa shape index (κ3) is 5.44. The summed E-state index contributed by atoms with van der Waals surface area (Å²) in [5.41, 5.74) is 7.87. The predicted molar refractivity (Wildman–Crippen MR) is 94.6 cm³/mol. The quantitative estimate of drug-likeness (QED) is 0.775. The largest absolute Gasteiger partial charge is 0.493 e. The first-order chi connectivity index (χ1) is 11.1. The number of benzene rings is 2. The summed E-state index contributed by atoms with van der Waals surface area (Å²) in [5, 5.41) is 0. The number of hydrogen-bond donors (Lipinski definition) is 1. The molecule has 2 N–H and O–H groups in total. The zero-order valence-corrected chi connectivity index (χ0v) is 14.5. The van der Waals surface area contributed by atoms with Gasteiger partial charge in [-0.2, -0.15) is 0 Å². The van der Waals surface area contributed by atoms with Crippen molar-refractivity contribution in [3.63, 3.8) is 0 Å². The van der Waals surface area contributed by atoms with Crippen molar-refractivity contribution in [2.24, 2.45) is 5.73 Å². The van der Waals surface area contributed by atoms with Gasteiger partial charge in [-0.3, -0.25) is 4.79 Å². The normalized spacial score (nSPS) is 11.1. The number of nitrogens with two attached hydrogens (primary N) is 1. The topological polar surface area (TPSA) is 70.8 Å². The Balaban J connectivity index is 0.00000288. The van der Waals surface area contributed by atoms with Crippen molar-refractivity contribution in [2.45, 2.75) is 19.1 Å².